The van der Waals surface area contributed by atoms with Gasteiger partial charge in [0.2, 0.25) is 0 Å². The fourth-order valence-electron chi connectivity index (χ4n) is 0.116. The lowest BCUT2D eigenvalue weighted by atomic mass is 11.1. The molecule has 0 aliphatic heterocycles. The average Bonchev–Trinajstić information content (AvgIpc) is 1.69. The van der Waals surface area contributed by atoms with Crippen LogP contribution >= 0.6 is 25.3 Å². The Morgan fingerprint density at radius 1 is 1.00 bits per heavy atom. The van der Waals surface area contributed by atoms with Gasteiger partial charge >= 0.3 is 0 Å². The monoisotopic (exact) mass is 134 g/mol. The second-order valence-corrected chi connectivity index (χ2v) is 1.30. The Bertz CT molecular complexity index is 67.8. The molecule has 3 heteroatoms. The fraction of sp³-hybridized carbons (Fsp3) is 0. The first-order valence-corrected chi connectivity index (χ1v) is 2.69. The third-order valence-corrected chi connectivity index (χ3v) is 0.522. The van der Waals surface area contributed by atoms with Crippen LogP contribution < -0.4 is 0 Å². The summed E-state index contributed by atoms with van der Waals surface area (Å²) in [6.45, 7) is 0. The molecular formula is C4H6OS2. The largest absolute Gasteiger partial charge is 0.472 e. The van der Waals surface area contributed by atoms with Gasteiger partial charge in [0.1, 0.15) is 0 Å². The van der Waals surface area contributed by atoms with E-state index in [2.05, 4.69) is 30.0 Å². The number of ether oxygens (including phenoxy) is 1. The minimum atomic E-state index is 1.44. The van der Waals surface area contributed by atoms with E-state index in [4.69, 9.17) is 0 Å². The molecule has 0 N–H and O–H groups in total. The molecule has 0 aromatic heterocycles. The Balaban J connectivity index is 2.98. The van der Waals surface area contributed by atoms with Gasteiger partial charge in [-0.05, 0) is 0 Å². The van der Waals surface area contributed by atoms with Gasteiger partial charge in [0.15, 0.2) is 0 Å². The summed E-state index contributed by atoms with van der Waals surface area (Å²) in [6, 6.07) is 0. The molecule has 7 heavy (non-hydrogen) atoms. The lowest BCUT2D eigenvalue weighted by molar-refractivity contribution is 0.405. The molecule has 0 heterocycles. The summed E-state index contributed by atoms with van der Waals surface area (Å²) in [5.41, 5.74) is 0. The SMILES string of the molecule is S/C=C/O/C=C/S. The van der Waals surface area contributed by atoms with Crippen molar-refractivity contribution in [3.8, 4) is 0 Å². The van der Waals surface area contributed by atoms with E-state index in [1.807, 2.05) is 0 Å². The van der Waals surface area contributed by atoms with E-state index in [0.717, 1.165) is 0 Å². The van der Waals surface area contributed by atoms with E-state index in [0.29, 0.717) is 0 Å². The molecule has 0 spiro atoms. The molecule has 0 aliphatic carbocycles. The van der Waals surface area contributed by atoms with Crippen molar-refractivity contribution in [1.29, 1.82) is 0 Å². The molecule has 0 unspecified atom stereocenters. The molecule has 0 saturated carbocycles. The normalized spacial score (nSPS) is 11.1. The summed E-state index contributed by atoms with van der Waals surface area (Å²) in [6.07, 6.45) is 2.88. The summed E-state index contributed by atoms with van der Waals surface area (Å²) in [5.74, 6) is 0. The van der Waals surface area contributed by atoms with Gasteiger partial charge < -0.3 is 4.74 Å². The quantitative estimate of drug-likeness (QED) is 0.432. The average molecular weight is 134 g/mol. The minimum absolute atomic E-state index is 1.44. The van der Waals surface area contributed by atoms with Crippen LogP contribution in [0.4, 0.5) is 0 Å². The van der Waals surface area contributed by atoms with Crippen molar-refractivity contribution in [1.82, 2.24) is 0 Å². The van der Waals surface area contributed by atoms with Crippen LogP contribution in [-0.4, -0.2) is 0 Å². The van der Waals surface area contributed by atoms with Crippen molar-refractivity contribution in [2.45, 2.75) is 0 Å². The summed E-state index contributed by atoms with van der Waals surface area (Å²) in [7, 11) is 0. The second kappa shape index (κ2) is 5.98. The summed E-state index contributed by atoms with van der Waals surface area (Å²) in [4.78, 5) is 0. The third-order valence-electron chi connectivity index (χ3n) is 0.279. The van der Waals surface area contributed by atoms with Crippen LogP contribution in [0.5, 0.6) is 0 Å². The van der Waals surface area contributed by atoms with Gasteiger partial charge in [-0.15, -0.1) is 25.3 Å². The van der Waals surface area contributed by atoms with Crippen LogP contribution in [0.25, 0.3) is 0 Å². The molecule has 0 aromatic carbocycles. The highest BCUT2D eigenvalue weighted by molar-refractivity contribution is 7.83. The van der Waals surface area contributed by atoms with Crippen molar-refractivity contribution in [2.75, 3.05) is 0 Å². The van der Waals surface area contributed by atoms with E-state index in [1.54, 1.807) is 0 Å². The maximum absolute atomic E-state index is 4.62. The topological polar surface area (TPSA) is 9.23 Å². The Kier molecular flexibility index (Phi) is 5.96. The summed E-state index contributed by atoms with van der Waals surface area (Å²) in [5, 5.41) is 2.99. The first kappa shape index (κ1) is 6.98. The Labute approximate surface area is 53.9 Å². The van der Waals surface area contributed by atoms with E-state index in [-0.39, 0.29) is 0 Å². The number of hydrogen-bond acceptors (Lipinski definition) is 3. The standard InChI is InChI=1S/C4H6OS2/c6-3-1-5-2-4-7/h1-4,6-7H/b3-1+,4-2+. The lowest BCUT2D eigenvalue weighted by Gasteiger charge is -1.81. The van der Waals surface area contributed by atoms with Gasteiger partial charge in [-0.2, -0.15) is 0 Å². The predicted octanol–water partition coefficient (Wildman–Crippen LogP) is 1.80. The molecule has 0 saturated heterocycles. The maximum atomic E-state index is 4.62. The van der Waals surface area contributed by atoms with Crippen LogP contribution in [0.1, 0.15) is 0 Å². The highest BCUT2D eigenvalue weighted by atomic mass is 32.1. The number of hydrogen-bond donors (Lipinski definition) is 2. The van der Waals surface area contributed by atoms with Crippen molar-refractivity contribution in [2.24, 2.45) is 0 Å². The van der Waals surface area contributed by atoms with Crippen molar-refractivity contribution < 1.29 is 4.74 Å². The first-order valence-electron chi connectivity index (χ1n) is 1.65. The van der Waals surface area contributed by atoms with Gasteiger partial charge in [-0.25, -0.2) is 0 Å². The maximum Gasteiger partial charge on any atom is 0.0962 e. The van der Waals surface area contributed by atoms with Crippen molar-refractivity contribution >= 4 is 25.3 Å². The fourth-order valence-corrected chi connectivity index (χ4v) is 0.256. The second-order valence-electron chi connectivity index (χ2n) is 0.706. The highest BCUT2D eigenvalue weighted by Crippen LogP contribution is 1.83. The zero-order valence-electron chi connectivity index (χ0n) is 3.61. The molecule has 0 amide bonds. The Hall–Kier alpha value is -0.0200. The zero-order valence-corrected chi connectivity index (χ0v) is 5.40. The third kappa shape index (κ3) is 5.98. The van der Waals surface area contributed by atoms with Gasteiger partial charge in [0.05, 0.1) is 12.5 Å². The zero-order chi connectivity index (χ0) is 5.54. The highest BCUT2D eigenvalue weighted by Gasteiger charge is 1.58. The molecule has 0 rings (SSSR count). The lowest BCUT2D eigenvalue weighted by Crippen LogP contribution is -1.57. The van der Waals surface area contributed by atoms with E-state index in [9.17, 15) is 0 Å². The molecule has 0 fully saturated rings. The van der Waals surface area contributed by atoms with Crippen LogP contribution in [0.3, 0.4) is 0 Å². The molecule has 40 valence electrons. The number of thiol groups is 2. The van der Waals surface area contributed by atoms with E-state index >= 15 is 0 Å². The van der Waals surface area contributed by atoms with Crippen LogP contribution in [0.15, 0.2) is 23.3 Å². The molecule has 0 aliphatic rings. The molecule has 1 nitrogen and oxygen atoms in total. The first-order chi connectivity index (χ1) is 3.41. The molecule has 0 radical (unpaired) electrons. The smallest absolute Gasteiger partial charge is 0.0962 e. The van der Waals surface area contributed by atoms with Crippen LogP contribution in [0.2, 0.25) is 0 Å². The Morgan fingerprint density at radius 2 is 1.43 bits per heavy atom. The summed E-state index contributed by atoms with van der Waals surface area (Å²) < 4.78 is 4.62. The molecular weight excluding hydrogens is 128 g/mol. The van der Waals surface area contributed by atoms with Crippen molar-refractivity contribution in [3.05, 3.63) is 23.3 Å². The molecule has 0 atom stereocenters. The molecule has 0 aromatic rings. The van der Waals surface area contributed by atoms with Crippen molar-refractivity contribution in [3.63, 3.8) is 0 Å². The van der Waals surface area contributed by atoms with Crippen LogP contribution in [-0.2, 0) is 4.74 Å². The summed E-state index contributed by atoms with van der Waals surface area (Å²) >= 11 is 7.46. The minimum Gasteiger partial charge on any atom is -0.472 e. The number of rotatable bonds is 2. The molecule has 0 bridgehead atoms. The van der Waals surface area contributed by atoms with Gasteiger partial charge in [0.25, 0.3) is 0 Å². The van der Waals surface area contributed by atoms with Gasteiger partial charge in [-0.3, -0.25) is 0 Å². The van der Waals surface area contributed by atoms with E-state index in [1.165, 1.54) is 23.3 Å². The van der Waals surface area contributed by atoms with Crippen LogP contribution in [0, 0.1) is 0 Å². The van der Waals surface area contributed by atoms with E-state index < -0.39 is 0 Å². The Morgan fingerprint density at radius 3 is 1.71 bits per heavy atom. The van der Waals surface area contributed by atoms with Gasteiger partial charge in [-0.1, -0.05) is 0 Å². The van der Waals surface area contributed by atoms with Gasteiger partial charge in [0, 0.05) is 10.8 Å². The predicted molar refractivity (Wildman–Crippen MR) is 37.3 cm³/mol.